The van der Waals surface area contributed by atoms with Crippen LogP contribution in [0.3, 0.4) is 0 Å². The minimum atomic E-state index is -1.48. The molecular weight excluding hydrogens is 266 g/mol. The molecule has 16 heavy (non-hydrogen) atoms. The van der Waals surface area contributed by atoms with E-state index in [4.69, 9.17) is 40.5 Å². The van der Waals surface area contributed by atoms with Gasteiger partial charge in [-0.1, -0.05) is 46.9 Å². The van der Waals surface area contributed by atoms with E-state index in [0.717, 1.165) is 18.8 Å². The second-order valence-corrected chi connectivity index (χ2v) is 5.69. The lowest BCUT2D eigenvalue weighted by Gasteiger charge is -2.25. The van der Waals surface area contributed by atoms with Crippen molar-refractivity contribution in [3.63, 3.8) is 0 Å². The Morgan fingerprint density at radius 2 is 1.75 bits per heavy atom. The first-order valence-corrected chi connectivity index (χ1v) is 6.25. The molecule has 0 aliphatic rings. The molecule has 0 unspecified atom stereocenters. The maximum absolute atomic E-state index is 6.03. The fourth-order valence-corrected chi connectivity index (χ4v) is 2.13. The van der Waals surface area contributed by atoms with Crippen molar-refractivity contribution >= 4 is 46.2 Å². The highest BCUT2D eigenvalue weighted by molar-refractivity contribution is 6.67. The van der Waals surface area contributed by atoms with Crippen LogP contribution in [-0.2, 0) is 3.79 Å². The third-order valence-electron chi connectivity index (χ3n) is 2.49. The van der Waals surface area contributed by atoms with Gasteiger partial charge in [-0.25, -0.2) is 0 Å². The van der Waals surface area contributed by atoms with Gasteiger partial charge >= 0.3 is 0 Å². The summed E-state index contributed by atoms with van der Waals surface area (Å²) in [5, 5.41) is 0. The van der Waals surface area contributed by atoms with Crippen LogP contribution in [0, 0.1) is 0 Å². The van der Waals surface area contributed by atoms with Crippen molar-refractivity contribution in [2.24, 2.45) is 0 Å². The molecule has 0 bridgehead atoms. The molecule has 0 aliphatic carbocycles. The second kappa shape index (κ2) is 5.35. The Morgan fingerprint density at radius 1 is 1.19 bits per heavy atom. The van der Waals surface area contributed by atoms with Crippen molar-refractivity contribution in [3.05, 3.63) is 23.8 Å². The highest BCUT2D eigenvalue weighted by Crippen LogP contribution is 2.43. The Labute approximate surface area is 111 Å². The predicted molar refractivity (Wildman–Crippen MR) is 73.7 cm³/mol. The number of halogens is 3. The third-order valence-corrected chi connectivity index (χ3v) is 3.10. The van der Waals surface area contributed by atoms with E-state index in [1.807, 2.05) is 12.1 Å². The van der Waals surface area contributed by atoms with Gasteiger partial charge in [-0.15, -0.1) is 0 Å². The van der Waals surface area contributed by atoms with Gasteiger partial charge < -0.3 is 10.6 Å². The summed E-state index contributed by atoms with van der Waals surface area (Å²) in [6.07, 6.45) is 0. The van der Waals surface area contributed by atoms with Gasteiger partial charge in [0, 0.05) is 18.7 Å². The van der Waals surface area contributed by atoms with Crippen molar-refractivity contribution < 1.29 is 0 Å². The standard InChI is InChI=1S/C11H15Cl3N2/c1-3-16(4-2)9-7-5-6-8(10(9)15)11(12,13)14/h5-7H,3-4,15H2,1-2H3. The van der Waals surface area contributed by atoms with Crippen LogP contribution in [0.2, 0.25) is 0 Å². The normalized spacial score (nSPS) is 11.6. The fourth-order valence-electron chi connectivity index (χ4n) is 1.64. The van der Waals surface area contributed by atoms with Gasteiger partial charge in [0.25, 0.3) is 0 Å². The van der Waals surface area contributed by atoms with E-state index in [9.17, 15) is 0 Å². The minimum Gasteiger partial charge on any atom is -0.397 e. The predicted octanol–water partition coefficient (Wildman–Crippen LogP) is 3.94. The molecule has 0 atom stereocenters. The van der Waals surface area contributed by atoms with Crippen LogP contribution in [0.15, 0.2) is 18.2 Å². The largest absolute Gasteiger partial charge is 0.397 e. The van der Waals surface area contributed by atoms with Crippen LogP contribution < -0.4 is 10.6 Å². The van der Waals surface area contributed by atoms with Crippen molar-refractivity contribution in [1.82, 2.24) is 0 Å². The van der Waals surface area contributed by atoms with Gasteiger partial charge in [0.2, 0.25) is 3.79 Å². The molecule has 0 spiro atoms. The number of anilines is 2. The van der Waals surface area contributed by atoms with Gasteiger partial charge in [0.05, 0.1) is 11.4 Å². The number of nitrogens with two attached hydrogens (primary N) is 1. The zero-order valence-corrected chi connectivity index (χ0v) is 11.6. The smallest absolute Gasteiger partial charge is 0.218 e. The molecule has 0 aliphatic heterocycles. The Hall–Kier alpha value is -0.310. The van der Waals surface area contributed by atoms with Crippen molar-refractivity contribution in [2.75, 3.05) is 23.7 Å². The number of alkyl halides is 3. The van der Waals surface area contributed by atoms with Crippen molar-refractivity contribution in [3.8, 4) is 0 Å². The molecule has 1 rings (SSSR count). The maximum Gasteiger partial charge on any atom is 0.218 e. The van der Waals surface area contributed by atoms with E-state index in [0.29, 0.717) is 11.3 Å². The SMILES string of the molecule is CCN(CC)c1cccc(C(Cl)(Cl)Cl)c1N. The monoisotopic (exact) mass is 280 g/mol. The van der Waals surface area contributed by atoms with Crippen LogP contribution in [0.25, 0.3) is 0 Å². The zero-order chi connectivity index (χ0) is 12.3. The summed E-state index contributed by atoms with van der Waals surface area (Å²) >= 11 is 17.6. The summed E-state index contributed by atoms with van der Waals surface area (Å²) in [6.45, 7) is 5.85. The summed E-state index contributed by atoms with van der Waals surface area (Å²) in [6, 6.07) is 5.51. The van der Waals surface area contributed by atoms with E-state index in [1.165, 1.54) is 0 Å². The second-order valence-electron chi connectivity index (χ2n) is 3.41. The average molecular weight is 282 g/mol. The van der Waals surface area contributed by atoms with Crippen molar-refractivity contribution in [2.45, 2.75) is 17.6 Å². The summed E-state index contributed by atoms with van der Waals surface area (Å²) in [5.41, 5.74) is 8.00. The molecule has 0 saturated heterocycles. The molecule has 0 fully saturated rings. The average Bonchev–Trinajstić information content (AvgIpc) is 2.20. The van der Waals surface area contributed by atoms with E-state index in [2.05, 4.69) is 18.7 Å². The van der Waals surface area contributed by atoms with Crippen LogP contribution in [0.5, 0.6) is 0 Å². The zero-order valence-electron chi connectivity index (χ0n) is 9.30. The molecular formula is C11H15Cl3N2. The number of rotatable bonds is 3. The molecule has 0 saturated carbocycles. The number of hydrogen-bond acceptors (Lipinski definition) is 2. The van der Waals surface area contributed by atoms with Crippen LogP contribution >= 0.6 is 34.8 Å². The van der Waals surface area contributed by atoms with E-state index >= 15 is 0 Å². The molecule has 0 radical (unpaired) electrons. The van der Waals surface area contributed by atoms with Gasteiger partial charge in [-0.2, -0.15) is 0 Å². The first-order chi connectivity index (χ1) is 7.41. The minimum absolute atomic E-state index is 0.530. The summed E-state index contributed by atoms with van der Waals surface area (Å²) in [5.74, 6) is 0. The van der Waals surface area contributed by atoms with Crippen LogP contribution in [-0.4, -0.2) is 13.1 Å². The quantitative estimate of drug-likeness (QED) is 0.671. The first-order valence-electron chi connectivity index (χ1n) is 5.12. The van der Waals surface area contributed by atoms with Gasteiger partial charge in [0.15, 0.2) is 0 Å². The Kier molecular flexibility index (Phi) is 4.60. The fraction of sp³-hybridized carbons (Fsp3) is 0.455. The van der Waals surface area contributed by atoms with Gasteiger partial charge in [0.1, 0.15) is 0 Å². The molecule has 2 nitrogen and oxygen atoms in total. The van der Waals surface area contributed by atoms with Gasteiger partial charge in [-0.05, 0) is 19.9 Å². The topological polar surface area (TPSA) is 29.3 Å². The molecule has 1 aromatic rings. The Morgan fingerprint density at radius 3 is 2.19 bits per heavy atom. The number of nitrogen functional groups attached to an aromatic ring is 1. The number of benzene rings is 1. The Balaban J connectivity index is 3.23. The van der Waals surface area contributed by atoms with Crippen LogP contribution in [0.1, 0.15) is 19.4 Å². The molecule has 1 aromatic carbocycles. The first kappa shape index (κ1) is 13.8. The number of nitrogens with zero attached hydrogens (tertiary/aromatic N) is 1. The lowest BCUT2D eigenvalue weighted by molar-refractivity contribution is 0.866. The summed E-state index contributed by atoms with van der Waals surface area (Å²) in [7, 11) is 0. The molecule has 5 heteroatoms. The highest BCUT2D eigenvalue weighted by Gasteiger charge is 2.27. The van der Waals surface area contributed by atoms with E-state index < -0.39 is 3.79 Å². The molecule has 0 heterocycles. The number of hydrogen-bond donors (Lipinski definition) is 1. The van der Waals surface area contributed by atoms with Gasteiger partial charge in [-0.3, -0.25) is 0 Å². The number of para-hydroxylation sites is 1. The molecule has 0 amide bonds. The summed E-state index contributed by atoms with van der Waals surface area (Å²) in [4.78, 5) is 2.12. The maximum atomic E-state index is 6.03. The van der Waals surface area contributed by atoms with Crippen molar-refractivity contribution in [1.29, 1.82) is 0 Å². The lowest BCUT2D eigenvalue weighted by atomic mass is 10.1. The molecule has 0 aromatic heterocycles. The molecule has 90 valence electrons. The molecule has 2 N–H and O–H groups in total. The Bertz CT molecular complexity index is 357. The van der Waals surface area contributed by atoms with E-state index in [1.54, 1.807) is 6.07 Å². The van der Waals surface area contributed by atoms with Crippen LogP contribution in [0.4, 0.5) is 11.4 Å². The third kappa shape index (κ3) is 2.88. The lowest BCUT2D eigenvalue weighted by Crippen LogP contribution is -2.23. The summed E-state index contributed by atoms with van der Waals surface area (Å²) < 4.78 is -1.48. The highest BCUT2D eigenvalue weighted by atomic mass is 35.6. The van der Waals surface area contributed by atoms with E-state index in [-0.39, 0.29) is 0 Å².